The molecule has 0 bridgehead atoms. The number of rotatable bonds is 6. The van der Waals surface area contributed by atoms with Crippen LogP contribution in [0.15, 0.2) is 29.2 Å². The summed E-state index contributed by atoms with van der Waals surface area (Å²) in [5.74, 6) is 2.60. The van der Waals surface area contributed by atoms with Gasteiger partial charge in [0.15, 0.2) is 5.82 Å². The maximum atomic E-state index is 5.46. The molecular weight excluding hydrogens is 244 g/mol. The lowest BCUT2D eigenvalue weighted by atomic mass is 10.2. The maximum Gasteiger partial charge on any atom is 0.150 e. The summed E-state index contributed by atoms with van der Waals surface area (Å²) in [6.45, 7) is 2.78. The zero-order valence-corrected chi connectivity index (χ0v) is 11.3. The molecule has 0 aliphatic carbocycles. The van der Waals surface area contributed by atoms with Crippen LogP contribution in [-0.4, -0.2) is 21.7 Å². The molecule has 4 nitrogen and oxygen atoms in total. The Labute approximate surface area is 111 Å². The average Bonchev–Trinajstić information content (AvgIpc) is 2.82. The number of hydrogen-bond donors (Lipinski definition) is 2. The minimum atomic E-state index is 0.682. The first kappa shape index (κ1) is 13.1. The highest BCUT2D eigenvalue weighted by atomic mass is 32.2. The van der Waals surface area contributed by atoms with Crippen LogP contribution in [0.25, 0.3) is 0 Å². The normalized spacial score (nSPS) is 10.8. The van der Waals surface area contributed by atoms with Crippen molar-refractivity contribution in [1.29, 1.82) is 0 Å². The second-order valence-electron chi connectivity index (χ2n) is 4.20. The van der Waals surface area contributed by atoms with Crippen LogP contribution in [-0.2, 0) is 12.2 Å². The number of nitrogens with zero attached hydrogens (tertiary/aromatic N) is 2. The number of nitrogens with two attached hydrogens (primary N) is 1. The van der Waals surface area contributed by atoms with Crippen molar-refractivity contribution >= 4 is 11.8 Å². The van der Waals surface area contributed by atoms with E-state index in [0.29, 0.717) is 6.54 Å². The van der Waals surface area contributed by atoms with Crippen molar-refractivity contribution in [2.75, 3.05) is 6.54 Å². The van der Waals surface area contributed by atoms with Crippen molar-refractivity contribution in [3.63, 3.8) is 0 Å². The molecule has 0 aliphatic heterocycles. The van der Waals surface area contributed by atoms with Crippen LogP contribution in [0.3, 0.4) is 0 Å². The van der Waals surface area contributed by atoms with E-state index in [4.69, 9.17) is 5.73 Å². The average molecular weight is 262 g/mol. The summed E-state index contributed by atoms with van der Waals surface area (Å²) in [6, 6.07) is 8.47. The predicted octanol–water partition coefficient (Wildman–Crippen LogP) is 2.30. The molecule has 96 valence electrons. The number of aryl methyl sites for hydroxylation is 2. The van der Waals surface area contributed by atoms with E-state index < -0.39 is 0 Å². The zero-order chi connectivity index (χ0) is 12.8. The van der Waals surface area contributed by atoms with Gasteiger partial charge in [-0.2, -0.15) is 5.10 Å². The molecule has 0 amide bonds. The Morgan fingerprint density at radius 1 is 1.39 bits per heavy atom. The molecule has 0 fully saturated rings. The van der Waals surface area contributed by atoms with Gasteiger partial charge in [0.25, 0.3) is 0 Å². The lowest BCUT2D eigenvalue weighted by Crippen LogP contribution is -2.01. The summed E-state index contributed by atoms with van der Waals surface area (Å²) in [6.07, 6.45) is 1.78. The number of thioether (sulfide) groups is 1. The third-order valence-corrected chi connectivity index (χ3v) is 3.55. The molecule has 0 aliphatic rings. The Balaban J connectivity index is 1.88. The van der Waals surface area contributed by atoms with Gasteiger partial charge in [0.1, 0.15) is 5.82 Å². The van der Waals surface area contributed by atoms with Gasteiger partial charge in [-0.15, -0.1) is 11.8 Å². The van der Waals surface area contributed by atoms with Crippen molar-refractivity contribution in [1.82, 2.24) is 15.2 Å². The minimum Gasteiger partial charge on any atom is -0.330 e. The van der Waals surface area contributed by atoms with E-state index >= 15 is 0 Å². The summed E-state index contributed by atoms with van der Waals surface area (Å²) in [5, 5.41) is 7.16. The van der Waals surface area contributed by atoms with Gasteiger partial charge in [-0.3, -0.25) is 5.10 Å². The molecule has 5 heteroatoms. The Hall–Kier alpha value is -1.33. The van der Waals surface area contributed by atoms with Gasteiger partial charge >= 0.3 is 0 Å². The van der Waals surface area contributed by atoms with Crippen molar-refractivity contribution < 1.29 is 0 Å². The lowest BCUT2D eigenvalue weighted by molar-refractivity contribution is 0.785. The topological polar surface area (TPSA) is 67.6 Å². The van der Waals surface area contributed by atoms with Crippen LogP contribution in [0.5, 0.6) is 0 Å². The predicted molar refractivity (Wildman–Crippen MR) is 74.5 cm³/mol. The molecule has 3 N–H and O–H groups in total. The standard InChI is InChI=1S/C13H18N4S/c1-10-4-2-5-11(8-10)18-9-13-15-12(16-17-13)6-3-7-14/h2,4-5,8H,3,6-7,9,14H2,1H3,(H,15,16,17). The molecule has 0 saturated carbocycles. The fraction of sp³-hybridized carbons (Fsp3) is 0.385. The van der Waals surface area contributed by atoms with Crippen molar-refractivity contribution in [2.45, 2.75) is 30.4 Å². The van der Waals surface area contributed by atoms with Crippen LogP contribution in [0.1, 0.15) is 23.6 Å². The van der Waals surface area contributed by atoms with E-state index in [1.165, 1.54) is 10.5 Å². The lowest BCUT2D eigenvalue weighted by Gasteiger charge is -2.00. The van der Waals surface area contributed by atoms with Gasteiger partial charge in [0, 0.05) is 11.3 Å². The molecule has 1 aromatic carbocycles. The van der Waals surface area contributed by atoms with Gasteiger partial charge in [0.2, 0.25) is 0 Å². The Bertz CT molecular complexity index is 495. The Kier molecular flexibility index (Phi) is 4.78. The number of hydrogen-bond acceptors (Lipinski definition) is 4. The highest BCUT2D eigenvalue weighted by molar-refractivity contribution is 7.98. The van der Waals surface area contributed by atoms with Gasteiger partial charge in [-0.25, -0.2) is 4.98 Å². The van der Waals surface area contributed by atoms with E-state index in [-0.39, 0.29) is 0 Å². The smallest absolute Gasteiger partial charge is 0.150 e. The Morgan fingerprint density at radius 3 is 3.06 bits per heavy atom. The highest BCUT2D eigenvalue weighted by Crippen LogP contribution is 2.21. The zero-order valence-electron chi connectivity index (χ0n) is 10.5. The van der Waals surface area contributed by atoms with Crippen LogP contribution < -0.4 is 5.73 Å². The van der Waals surface area contributed by atoms with Crippen LogP contribution >= 0.6 is 11.8 Å². The SMILES string of the molecule is Cc1cccc(SCc2nc(CCCN)n[nH]2)c1. The van der Waals surface area contributed by atoms with Crippen molar-refractivity contribution in [3.8, 4) is 0 Å². The first-order chi connectivity index (χ1) is 8.78. The highest BCUT2D eigenvalue weighted by Gasteiger charge is 2.03. The number of nitrogens with one attached hydrogen (secondary N) is 1. The molecule has 0 radical (unpaired) electrons. The molecule has 18 heavy (non-hydrogen) atoms. The molecule has 0 spiro atoms. The van der Waals surface area contributed by atoms with E-state index in [1.54, 1.807) is 11.8 Å². The molecule has 0 atom stereocenters. The summed E-state index contributed by atoms with van der Waals surface area (Å²) in [7, 11) is 0. The van der Waals surface area contributed by atoms with Gasteiger partial charge in [0.05, 0.1) is 5.75 Å². The molecule has 1 heterocycles. The second kappa shape index (κ2) is 6.56. The maximum absolute atomic E-state index is 5.46. The quantitative estimate of drug-likeness (QED) is 0.784. The van der Waals surface area contributed by atoms with Crippen LogP contribution in [0.2, 0.25) is 0 Å². The first-order valence-electron chi connectivity index (χ1n) is 6.07. The molecule has 0 unspecified atom stereocenters. The number of benzene rings is 1. The molecule has 2 rings (SSSR count). The van der Waals surface area contributed by atoms with E-state index in [0.717, 1.165) is 30.2 Å². The summed E-state index contributed by atoms with van der Waals surface area (Å²) < 4.78 is 0. The summed E-state index contributed by atoms with van der Waals surface area (Å²) >= 11 is 1.77. The first-order valence-corrected chi connectivity index (χ1v) is 7.06. The van der Waals surface area contributed by atoms with Crippen LogP contribution in [0.4, 0.5) is 0 Å². The van der Waals surface area contributed by atoms with Gasteiger partial charge in [-0.05, 0) is 32.0 Å². The van der Waals surface area contributed by atoms with Crippen molar-refractivity contribution in [3.05, 3.63) is 41.5 Å². The summed E-state index contributed by atoms with van der Waals surface area (Å²) in [4.78, 5) is 5.70. The summed E-state index contributed by atoms with van der Waals surface area (Å²) in [5.41, 5.74) is 6.74. The van der Waals surface area contributed by atoms with E-state index in [1.807, 2.05) is 0 Å². The molecule has 2 aromatic rings. The molecular formula is C13H18N4S. The van der Waals surface area contributed by atoms with Crippen LogP contribution in [0, 0.1) is 6.92 Å². The molecule has 0 saturated heterocycles. The second-order valence-corrected chi connectivity index (χ2v) is 5.24. The van der Waals surface area contributed by atoms with Gasteiger partial charge < -0.3 is 5.73 Å². The van der Waals surface area contributed by atoms with Crippen molar-refractivity contribution in [2.24, 2.45) is 5.73 Å². The van der Waals surface area contributed by atoms with E-state index in [9.17, 15) is 0 Å². The monoisotopic (exact) mass is 262 g/mol. The number of H-pyrrole nitrogens is 1. The van der Waals surface area contributed by atoms with Gasteiger partial charge in [-0.1, -0.05) is 17.7 Å². The number of aromatic nitrogens is 3. The third-order valence-electron chi connectivity index (χ3n) is 2.55. The third kappa shape index (κ3) is 3.85. The number of aromatic amines is 1. The minimum absolute atomic E-state index is 0.682. The fourth-order valence-electron chi connectivity index (χ4n) is 1.63. The Morgan fingerprint density at radius 2 is 2.28 bits per heavy atom. The largest absolute Gasteiger partial charge is 0.330 e. The van der Waals surface area contributed by atoms with E-state index in [2.05, 4.69) is 46.4 Å². The fourth-order valence-corrected chi connectivity index (χ4v) is 2.50. The molecule has 1 aromatic heterocycles.